The summed E-state index contributed by atoms with van der Waals surface area (Å²) in [6, 6.07) is 1.05. The smallest absolute Gasteiger partial charge is 0.236 e. The summed E-state index contributed by atoms with van der Waals surface area (Å²) in [6.07, 6.45) is 4.82. The normalized spacial score (nSPS) is 26.9. The van der Waals surface area contributed by atoms with Crippen LogP contribution in [-0.4, -0.2) is 54.5 Å². The lowest BCUT2D eigenvalue weighted by atomic mass is 10.2. The molecule has 1 amide bonds. The molecule has 0 unspecified atom stereocenters. The van der Waals surface area contributed by atoms with Crippen molar-refractivity contribution >= 4 is 5.91 Å². The highest BCUT2D eigenvalue weighted by Gasteiger charge is 2.34. The van der Waals surface area contributed by atoms with Gasteiger partial charge in [0.05, 0.1) is 6.54 Å². The van der Waals surface area contributed by atoms with E-state index in [1.807, 2.05) is 4.90 Å². The number of amides is 1. The van der Waals surface area contributed by atoms with Gasteiger partial charge in [0.15, 0.2) is 0 Å². The largest absolute Gasteiger partial charge is 0.337 e. The molecule has 2 aliphatic rings. The molecule has 1 aliphatic carbocycles. The van der Waals surface area contributed by atoms with E-state index < -0.39 is 0 Å². The fourth-order valence-electron chi connectivity index (χ4n) is 2.39. The molecule has 4 heteroatoms. The van der Waals surface area contributed by atoms with Crippen molar-refractivity contribution in [1.82, 2.24) is 9.80 Å². The highest BCUT2D eigenvalue weighted by Crippen LogP contribution is 2.28. The van der Waals surface area contributed by atoms with Crippen LogP contribution in [0, 0.1) is 0 Å². The zero-order valence-corrected chi connectivity index (χ0v) is 9.48. The van der Waals surface area contributed by atoms with Crippen LogP contribution >= 0.6 is 0 Å². The Morgan fingerprint density at radius 3 is 2.67 bits per heavy atom. The van der Waals surface area contributed by atoms with Gasteiger partial charge in [-0.25, -0.2) is 0 Å². The number of likely N-dealkylation sites (N-methyl/N-ethyl adjacent to an activating group) is 1. The van der Waals surface area contributed by atoms with Crippen molar-refractivity contribution in [2.45, 2.75) is 37.8 Å². The van der Waals surface area contributed by atoms with Gasteiger partial charge in [0.25, 0.3) is 0 Å². The van der Waals surface area contributed by atoms with E-state index in [2.05, 4.69) is 11.9 Å². The van der Waals surface area contributed by atoms with Crippen molar-refractivity contribution in [3.63, 3.8) is 0 Å². The van der Waals surface area contributed by atoms with Crippen LogP contribution in [0.5, 0.6) is 0 Å². The molecule has 0 bridgehead atoms. The summed E-state index contributed by atoms with van der Waals surface area (Å²) in [5, 5.41) is 0. The summed E-state index contributed by atoms with van der Waals surface area (Å²) in [7, 11) is 2.15. The first-order valence-corrected chi connectivity index (χ1v) is 5.92. The van der Waals surface area contributed by atoms with Gasteiger partial charge in [0, 0.05) is 18.6 Å². The number of likely N-dealkylation sites (tertiary alicyclic amines) is 1. The quantitative estimate of drug-likeness (QED) is 0.714. The summed E-state index contributed by atoms with van der Waals surface area (Å²) in [4.78, 5) is 16.0. The zero-order valence-electron chi connectivity index (χ0n) is 9.48. The average molecular weight is 211 g/mol. The van der Waals surface area contributed by atoms with Crippen LogP contribution < -0.4 is 5.73 Å². The Kier molecular flexibility index (Phi) is 3.26. The van der Waals surface area contributed by atoms with Crippen LogP contribution in [0.15, 0.2) is 0 Å². The van der Waals surface area contributed by atoms with Gasteiger partial charge in [-0.05, 0) is 39.3 Å². The molecule has 0 spiro atoms. The molecule has 2 rings (SSSR count). The van der Waals surface area contributed by atoms with Gasteiger partial charge in [0.2, 0.25) is 5.91 Å². The number of hydrogen-bond acceptors (Lipinski definition) is 3. The fraction of sp³-hybridized carbons (Fsp3) is 0.909. The monoisotopic (exact) mass is 211 g/mol. The Balaban J connectivity index is 1.91. The number of nitrogens with two attached hydrogens (primary N) is 1. The van der Waals surface area contributed by atoms with E-state index in [0.29, 0.717) is 12.1 Å². The number of carbonyl (C=O) groups excluding carboxylic acids is 1. The second kappa shape index (κ2) is 4.49. The Morgan fingerprint density at radius 1 is 1.47 bits per heavy atom. The predicted molar refractivity (Wildman–Crippen MR) is 59.4 cm³/mol. The molecule has 4 nitrogen and oxygen atoms in total. The van der Waals surface area contributed by atoms with Crippen LogP contribution in [-0.2, 0) is 4.79 Å². The van der Waals surface area contributed by atoms with Crippen LogP contribution in [0.1, 0.15) is 25.7 Å². The van der Waals surface area contributed by atoms with Gasteiger partial charge >= 0.3 is 0 Å². The molecule has 0 aromatic rings. The minimum absolute atomic E-state index is 0.123. The molecule has 0 radical (unpaired) electrons. The highest BCUT2D eigenvalue weighted by molar-refractivity contribution is 5.78. The molecular weight excluding hydrogens is 190 g/mol. The standard InChI is InChI=1S/C11H21N3O/c1-13-6-2-3-10(13)8-14(9-4-5-9)11(15)7-12/h9-10H,2-8,12H2,1H3/t10-/m1/s1. The van der Waals surface area contributed by atoms with Crippen molar-refractivity contribution in [3.05, 3.63) is 0 Å². The van der Waals surface area contributed by atoms with E-state index in [1.54, 1.807) is 0 Å². The molecule has 2 fully saturated rings. The number of carbonyl (C=O) groups is 1. The highest BCUT2D eigenvalue weighted by atomic mass is 16.2. The van der Waals surface area contributed by atoms with Gasteiger partial charge in [-0.3, -0.25) is 4.79 Å². The molecule has 0 aromatic carbocycles. The number of nitrogens with zero attached hydrogens (tertiary/aromatic N) is 2. The van der Waals surface area contributed by atoms with Crippen LogP contribution in [0.3, 0.4) is 0 Å². The number of rotatable bonds is 4. The maximum atomic E-state index is 11.7. The SMILES string of the molecule is CN1CCC[C@@H]1CN(C(=O)CN)C1CC1. The summed E-state index contributed by atoms with van der Waals surface area (Å²) >= 11 is 0. The van der Waals surface area contributed by atoms with E-state index in [9.17, 15) is 4.79 Å². The zero-order chi connectivity index (χ0) is 10.8. The lowest BCUT2D eigenvalue weighted by Crippen LogP contribution is -2.45. The van der Waals surface area contributed by atoms with Gasteiger partial charge in [-0.15, -0.1) is 0 Å². The molecule has 0 aromatic heterocycles. The third kappa shape index (κ3) is 2.49. The van der Waals surface area contributed by atoms with Crippen molar-refractivity contribution in [2.24, 2.45) is 5.73 Å². The minimum Gasteiger partial charge on any atom is -0.337 e. The van der Waals surface area contributed by atoms with E-state index in [1.165, 1.54) is 32.2 Å². The Labute approximate surface area is 91.4 Å². The van der Waals surface area contributed by atoms with Crippen LogP contribution in [0.4, 0.5) is 0 Å². The first-order chi connectivity index (χ1) is 7.22. The second-order valence-electron chi connectivity index (χ2n) is 4.76. The van der Waals surface area contributed by atoms with E-state index in [4.69, 9.17) is 5.73 Å². The van der Waals surface area contributed by atoms with Crippen molar-refractivity contribution < 1.29 is 4.79 Å². The summed E-state index contributed by atoms with van der Waals surface area (Å²) in [5.41, 5.74) is 5.44. The third-order valence-corrected chi connectivity index (χ3v) is 3.56. The molecule has 2 N–H and O–H groups in total. The average Bonchev–Trinajstić information content (AvgIpc) is 2.99. The van der Waals surface area contributed by atoms with Crippen molar-refractivity contribution in [3.8, 4) is 0 Å². The first-order valence-electron chi connectivity index (χ1n) is 5.92. The molecule has 1 aliphatic heterocycles. The molecular formula is C11H21N3O. The predicted octanol–water partition coefficient (Wildman–Crippen LogP) is 0.0303. The van der Waals surface area contributed by atoms with Gasteiger partial charge in [0.1, 0.15) is 0 Å². The van der Waals surface area contributed by atoms with Crippen LogP contribution in [0.2, 0.25) is 0 Å². The van der Waals surface area contributed by atoms with E-state index >= 15 is 0 Å². The van der Waals surface area contributed by atoms with Crippen molar-refractivity contribution in [1.29, 1.82) is 0 Å². The Morgan fingerprint density at radius 2 is 2.20 bits per heavy atom. The maximum Gasteiger partial charge on any atom is 0.236 e. The molecule has 1 saturated heterocycles. The first kappa shape index (κ1) is 10.9. The Bertz CT molecular complexity index is 240. The fourth-order valence-corrected chi connectivity index (χ4v) is 2.39. The third-order valence-electron chi connectivity index (χ3n) is 3.56. The van der Waals surface area contributed by atoms with Crippen molar-refractivity contribution in [2.75, 3.05) is 26.7 Å². The topological polar surface area (TPSA) is 49.6 Å². The maximum absolute atomic E-state index is 11.7. The second-order valence-corrected chi connectivity index (χ2v) is 4.76. The Hall–Kier alpha value is -0.610. The summed E-state index contributed by atoms with van der Waals surface area (Å²) in [6.45, 7) is 2.21. The lowest BCUT2D eigenvalue weighted by molar-refractivity contribution is -0.130. The van der Waals surface area contributed by atoms with Gasteiger partial charge in [-0.1, -0.05) is 0 Å². The van der Waals surface area contributed by atoms with Gasteiger partial charge < -0.3 is 15.5 Å². The summed E-state index contributed by atoms with van der Waals surface area (Å²) < 4.78 is 0. The number of hydrogen-bond donors (Lipinski definition) is 1. The summed E-state index contributed by atoms with van der Waals surface area (Å²) in [5.74, 6) is 0.123. The molecule has 15 heavy (non-hydrogen) atoms. The molecule has 1 atom stereocenters. The minimum atomic E-state index is 0.123. The molecule has 1 saturated carbocycles. The van der Waals surface area contributed by atoms with Gasteiger partial charge in [-0.2, -0.15) is 0 Å². The van der Waals surface area contributed by atoms with E-state index in [0.717, 1.165) is 6.54 Å². The molecule has 86 valence electrons. The van der Waals surface area contributed by atoms with Crippen LogP contribution in [0.25, 0.3) is 0 Å². The van der Waals surface area contributed by atoms with E-state index in [-0.39, 0.29) is 12.5 Å². The molecule has 1 heterocycles. The lowest BCUT2D eigenvalue weighted by Gasteiger charge is -2.28.